The molecule has 1 N–H and O–H groups in total. The maximum Gasteiger partial charge on any atom is 0.308 e. The number of imide groups is 1. The Hall–Kier alpha value is -2.96. The number of amides is 3. The highest BCUT2D eigenvalue weighted by atomic mass is 16.5. The molecule has 0 saturated carbocycles. The summed E-state index contributed by atoms with van der Waals surface area (Å²) in [7, 11) is 0. The van der Waals surface area contributed by atoms with Crippen LogP contribution in [0.2, 0.25) is 0 Å². The van der Waals surface area contributed by atoms with Crippen LogP contribution in [0.15, 0.2) is 30.4 Å². The van der Waals surface area contributed by atoms with E-state index in [1.165, 1.54) is 6.92 Å². The molecular formula is C22H26N2O5. The van der Waals surface area contributed by atoms with E-state index in [2.05, 4.69) is 5.32 Å². The van der Waals surface area contributed by atoms with Crippen molar-refractivity contribution >= 4 is 29.4 Å². The van der Waals surface area contributed by atoms with Crippen molar-refractivity contribution in [3.8, 4) is 0 Å². The molecule has 3 rings (SSSR count). The molecule has 2 aliphatic rings. The Kier molecular flexibility index (Phi) is 6.15. The molecule has 1 aliphatic carbocycles. The number of likely N-dealkylation sites (tertiary alicyclic amines) is 1. The molecule has 3 amide bonds. The Morgan fingerprint density at radius 3 is 2.34 bits per heavy atom. The van der Waals surface area contributed by atoms with Crippen molar-refractivity contribution in [1.82, 2.24) is 4.90 Å². The third-order valence-electron chi connectivity index (χ3n) is 5.46. The molecule has 7 heteroatoms. The van der Waals surface area contributed by atoms with Gasteiger partial charge in [-0.15, -0.1) is 0 Å². The zero-order valence-corrected chi connectivity index (χ0v) is 16.9. The van der Waals surface area contributed by atoms with Crippen LogP contribution in [0.5, 0.6) is 0 Å². The quantitative estimate of drug-likeness (QED) is 0.452. The minimum absolute atomic E-state index is 0.0189. The van der Waals surface area contributed by atoms with Crippen LogP contribution >= 0.6 is 0 Å². The predicted octanol–water partition coefficient (Wildman–Crippen LogP) is 2.51. The van der Waals surface area contributed by atoms with Crippen molar-refractivity contribution in [2.75, 3.05) is 11.9 Å². The van der Waals surface area contributed by atoms with Gasteiger partial charge in [0.05, 0.1) is 18.3 Å². The van der Waals surface area contributed by atoms with Crippen molar-refractivity contribution in [2.24, 2.45) is 11.8 Å². The Bertz CT molecular complexity index is 850. The van der Waals surface area contributed by atoms with Gasteiger partial charge in [0, 0.05) is 12.2 Å². The van der Waals surface area contributed by atoms with Crippen molar-refractivity contribution < 1.29 is 23.9 Å². The first-order valence-corrected chi connectivity index (χ1v) is 9.85. The molecule has 0 unspecified atom stereocenters. The summed E-state index contributed by atoms with van der Waals surface area (Å²) in [4.78, 5) is 50.4. The summed E-state index contributed by atoms with van der Waals surface area (Å²) >= 11 is 0. The number of aryl methyl sites for hydroxylation is 2. The van der Waals surface area contributed by atoms with Crippen LogP contribution < -0.4 is 5.32 Å². The van der Waals surface area contributed by atoms with E-state index in [0.29, 0.717) is 18.5 Å². The number of ether oxygens (including phenoxy) is 1. The van der Waals surface area contributed by atoms with Gasteiger partial charge in [-0.1, -0.05) is 29.8 Å². The second-order valence-corrected chi connectivity index (χ2v) is 7.67. The summed E-state index contributed by atoms with van der Waals surface area (Å²) in [5, 5.41) is 2.75. The Balaban J connectivity index is 1.49. The second kappa shape index (κ2) is 8.59. The number of esters is 1. The summed E-state index contributed by atoms with van der Waals surface area (Å²) in [6.07, 6.45) is 3.84. The Morgan fingerprint density at radius 1 is 1.14 bits per heavy atom. The van der Waals surface area contributed by atoms with E-state index >= 15 is 0 Å². The van der Waals surface area contributed by atoms with Crippen LogP contribution in [0.1, 0.15) is 37.3 Å². The van der Waals surface area contributed by atoms with Gasteiger partial charge in [0.1, 0.15) is 0 Å². The van der Waals surface area contributed by atoms with Crippen molar-refractivity contribution in [1.29, 1.82) is 0 Å². The summed E-state index contributed by atoms with van der Waals surface area (Å²) < 4.78 is 5.18. The first kappa shape index (κ1) is 20.8. The van der Waals surface area contributed by atoms with E-state index in [4.69, 9.17) is 4.74 Å². The summed E-state index contributed by atoms with van der Waals surface area (Å²) in [6.45, 7) is 5.32. The molecule has 3 atom stereocenters. The lowest BCUT2D eigenvalue weighted by atomic mass is 9.85. The minimum Gasteiger partial charge on any atom is -0.452 e. The molecule has 29 heavy (non-hydrogen) atoms. The lowest BCUT2D eigenvalue weighted by Gasteiger charge is -2.17. The van der Waals surface area contributed by atoms with Gasteiger partial charge in [0.15, 0.2) is 6.10 Å². The number of carbonyl (C=O) groups is 4. The monoisotopic (exact) mass is 398 g/mol. The number of carbonyl (C=O) groups excluding carboxylic acids is 4. The molecule has 154 valence electrons. The van der Waals surface area contributed by atoms with Crippen LogP contribution in [0.4, 0.5) is 5.69 Å². The lowest BCUT2D eigenvalue weighted by Crippen LogP contribution is -2.35. The number of anilines is 1. The normalized spacial score (nSPS) is 21.7. The molecule has 7 nitrogen and oxygen atoms in total. The maximum absolute atomic E-state index is 12.4. The zero-order valence-electron chi connectivity index (χ0n) is 16.9. The molecular weight excluding hydrogens is 372 g/mol. The number of fused-ring (bicyclic) bond motifs is 1. The zero-order chi connectivity index (χ0) is 21.1. The summed E-state index contributed by atoms with van der Waals surface area (Å²) in [5.41, 5.74) is 2.66. The number of allylic oxidation sites excluding steroid dienone is 2. The van der Waals surface area contributed by atoms with Gasteiger partial charge in [0.25, 0.3) is 5.91 Å². The van der Waals surface area contributed by atoms with Gasteiger partial charge in [-0.25, -0.2) is 0 Å². The lowest BCUT2D eigenvalue weighted by molar-refractivity contribution is -0.154. The highest BCUT2D eigenvalue weighted by Crippen LogP contribution is 2.35. The molecule has 1 aromatic carbocycles. The average Bonchev–Trinajstić information content (AvgIpc) is 2.93. The smallest absolute Gasteiger partial charge is 0.308 e. The van der Waals surface area contributed by atoms with Crippen molar-refractivity contribution in [3.63, 3.8) is 0 Å². The van der Waals surface area contributed by atoms with E-state index in [9.17, 15) is 19.2 Å². The topological polar surface area (TPSA) is 92.8 Å². The maximum atomic E-state index is 12.4. The molecule has 0 bridgehead atoms. The number of benzene rings is 1. The van der Waals surface area contributed by atoms with Crippen LogP contribution in [0, 0.1) is 25.7 Å². The van der Waals surface area contributed by atoms with Crippen LogP contribution in [0.3, 0.4) is 0 Å². The molecule has 0 aromatic heterocycles. The standard InChI is InChI=1S/C22H26N2O5/c1-13-8-9-18(14(2)12-13)23-20(26)15(3)29-19(25)10-11-24-21(27)16-6-4-5-7-17(16)22(24)28/h4-5,8-9,12,15-17H,6-7,10-11H2,1-3H3,(H,23,26)/t15-,16+,17+/m1/s1. The third kappa shape index (κ3) is 4.55. The minimum atomic E-state index is -0.986. The first-order chi connectivity index (χ1) is 13.8. The van der Waals surface area contributed by atoms with Crippen LogP contribution in [0.25, 0.3) is 0 Å². The number of rotatable bonds is 6. The van der Waals surface area contributed by atoms with Gasteiger partial charge >= 0.3 is 5.97 Å². The van der Waals surface area contributed by atoms with E-state index in [0.717, 1.165) is 16.0 Å². The van der Waals surface area contributed by atoms with Crippen LogP contribution in [-0.2, 0) is 23.9 Å². The SMILES string of the molecule is Cc1ccc(NC(=O)[C@@H](C)OC(=O)CCN2C(=O)[C@H]3CC=CC[C@@H]3C2=O)c(C)c1. The third-order valence-corrected chi connectivity index (χ3v) is 5.46. The van der Waals surface area contributed by atoms with Gasteiger partial charge in [-0.05, 0) is 45.2 Å². The summed E-state index contributed by atoms with van der Waals surface area (Å²) in [6, 6.07) is 5.63. The van der Waals surface area contributed by atoms with Crippen molar-refractivity contribution in [2.45, 2.75) is 46.1 Å². The van der Waals surface area contributed by atoms with Crippen molar-refractivity contribution in [3.05, 3.63) is 41.5 Å². The Labute approximate surface area is 170 Å². The molecule has 1 saturated heterocycles. The molecule has 1 aliphatic heterocycles. The highest BCUT2D eigenvalue weighted by molar-refractivity contribution is 6.05. The van der Waals surface area contributed by atoms with Gasteiger partial charge in [-0.2, -0.15) is 0 Å². The Morgan fingerprint density at radius 2 is 1.76 bits per heavy atom. The second-order valence-electron chi connectivity index (χ2n) is 7.67. The van der Waals surface area contributed by atoms with E-state index in [1.807, 2.05) is 38.1 Å². The molecule has 0 radical (unpaired) electrons. The number of nitrogens with zero attached hydrogens (tertiary/aromatic N) is 1. The van der Waals surface area contributed by atoms with Gasteiger partial charge < -0.3 is 10.1 Å². The average molecular weight is 398 g/mol. The van der Waals surface area contributed by atoms with Gasteiger partial charge in [0.2, 0.25) is 11.8 Å². The fraction of sp³-hybridized carbons (Fsp3) is 0.455. The van der Waals surface area contributed by atoms with E-state index in [1.54, 1.807) is 6.07 Å². The van der Waals surface area contributed by atoms with E-state index < -0.39 is 18.0 Å². The first-order valence-electron chi connectivity index (χ1n) is 9.85. The molecule has 1 aromatic rings. The van der Waals surface area contributed by atoms with E-state index in [-0.39, 0.29) is 36.6 Å². The predicted molar refractivity (Wildman–Crippen MR) is 107 cm³/mol. The number of hydrogen-bond acceptors (Lipinski definition) is 5. The molecule has 1 fully saturated rings. The summed E-state index contributed by atoms with van der Waals surface area (Å²) in [5.74, 6) is -2.13. The number of hydrogen-bond donors (Lipinski definition) is 1. The number of nitrogens with one attached hydrogen (secondary N) is 1. The van der Waals surface area contributed by atoms with Crippen LogP contribution in [-0.4, -0.2) is 41.2 Å². The molecule has 0 spiro atoms. The fourth-order valence-electron chi connectivity index (χ4n) is 3.79. The fourth-order valence-corrected chi connectivity index (χ4v) is 3.79. The van der Waals surface area contributed by atoms with Gasteiger partial charge in [-0.3, -0.25) is 24.1 Å². The highest BCUT2D eigenvalue weighted by Gasteiger charge is 2.47. The largest absolute Gasteiger partial charge is 0.452 e. The molecule has 1 heterocycles.